The van der Waals surface area contributed by atoms with Crippen LogP contribution in [-0.4, -0.2) is 32.3 Å². The second-order valence-electron chi connectivity index (χ2n) is 4.49. The zero-order valence-corrected chi connectivity index (χ0v) is 11.7. The van der Waals surface area contributed by atoms with Crippen LogP contribution in [-0.2, 0) is 10.1 Å². The molecule has 0 saturated carbocycles. The number of benzene rings is 1. The summed E-state index contributed by atoms with van der Waals surface area (Å²) in [6, 6.07) is 8.08. The van der Waals surface area contributed by atoms with Crippen molar-refractivity contribution in [2.45, 2.75) is 13.8 Å². The lowest BCUT2D eigenvalue weighted by atomic mass is 10.2. The first-order valence-corrected chi connectivity index (χ1v) is 7.27. The van der Waals surface area contributed by atoms with Crippen LogP contribution in [0.4, 0.5) is 5.69 Å². The van der Waals surface area contributed by atoms with Crippen LogP contribution in [0.3, 0.4) is 0 Å². The second-order valence-corrected chi connectivity index (χ2v) is 5.99. The maximum Gasteiger partial charge on any atom is 0.268 e. The molecule has 0 aromatic heterocycles. The van der Waals surface area contributed by atoms with Crippen molar-refractivity contribution in [3.63, 3.8) is 0 Å². The first-order valence-electron chi connectivity index (χ1n) is 5.66. The summed E-state index contributed by atoms with van der Waals surface area (Å²) in [5.41, 5.74) is 3.16. The Morgan fingerprint density at radius 2 is 2.11 bits per heavy atom. The quantitative estimate of drug-likeness (QED) is 0.658. The first-order chi connectivity index (χ1) is 8.28. The molecular formula is C13H19NO3S. The molecule has 0 aliphatic heterocycles. The third-order valence-corrected chi connectivity index (χ3v) is 3.16. The fourth-order valence-corrected chi connectivity index (χ4v) is 2.14. The number of nitrogens with zero attached hydrogens (tertiary/aromatic N) is 1. The van der Waals surface area contributed by atoms with Crippen molar-refractivity contribution in [3.05, 3.63) is 41.5 Å². The first kappa shape index (κ1) is 14.7. The summed E-state index contributed by atoms with van der Waals surface area (Å²) >= 11 is 0. The second kappa shape index (κ2) is 6.02. The van der Waals surface area contributed by atoms with Gasteiger partial charge in [-0.3, -0.25) is 4.55 Å². The van der Waals surface area contributed by atoms with Crippen molar-refractivity contribution in [2.24, 2.45) is 0 Å². The van der Waals surface area contributed by atoms with Gasteiger partial charge < -0.3 is 4.90 Å². The van der Waals surface area contributed by atoms with Gasteiger partial charge in [0.2, 0.25) is 0 Å². The molecule has 0 amide bonds. The molecule has 0 bridgehead atoms. The van der Waals surface area contributed by atoms with Crippen molar-refractivity contribution in [1.82, 2.24) is 0 Å². The molecule has 1 rings (SSSR count). The molecule has 4 nitrogen and oxygen atoms in total. The number of likely N-dealkylation sites (N-methyl/N-ethyl adjacent to an activating group) is 1. The van der Waals surface area contributed by atoms with Gasteiger partial charge in [-0.1, -0.05) is 23.8 Å². The van der Waals surface area contributed by atoms with Gasteiger partial charge in [0, 0.05) is 19.3 Å². The maximum absolute atomic E-state index is 10.6. The molecule has 0 aliphatic carbocycles. The smallest absolute Gasteiger partial charge is 0.268 e. The van der Waals surface area contributed by atoms with Crippen LogP contribution in [0.2, 0.25) is 0 Å². The molecule has 1 aromatic carbocycles. The predicted molar refractivity (Wildman–Crippen MR) is 74.6 cm³/mol. The van der Waals surface area contributed by atoms with E-state index >= 15 is 0 Å². The number of rotatable bonds is 5. The van der Waals surface area contributed by atoms with Crippen molar-refractivity contribution < 1.29 is 13.0 Å². The third-order valence-electron chi connectivity index (χ3n) is 2.57. The van der Waals surface area contributed by atoms with Crippen molar-refractivity contribution in [3.8, 4) is 0 Å². The Morgan fingerprint density at radius 3 is 2.67 bits per heavy atom. The Balaban J connectivity index is 2.67. The normalized spacial score (nSPS) is 12.6. The monoisotopic (exact) mass is 269 g/mol. The van der Waals surface area contributed by atoms with Gasteiger partial charge in [-0.25, -0.2) is 0 Å². The van der Waals surface area contributed by atoms with Crippen LogP contribution in [0, 0.1) is 6.92 Å². The molecule has 1 N–H and O–H groups in total. The van der Waals surface area contributed by atoms with E-state index < -0.39 is 10.1 Å². The lowest BCUT2D eigenvalue weighted by Gasteiger charge is -2.20. The summed E-state index contributed by atoms with van der Waals surface area (Å²) in [6.07, 6.45) is 1.53. The highest BCUT2D eigenvalue weighted by Crippen LogP contribution is 2.15. The molecule has 0 heterocycles. The van der Waals surface area contributed by atoms with E-state index in [4.69, 9.17) is 4.55 Å². The van der Waals surface area contributed by atoms with Gasteiger partial charge in [0.15, 0.2) is 0 Å². The number of hydrogen-bond donors (Lipinski definition) is 1. The summed E-state index contributed by atoms with van der Waals surface area (Å²) < 4.78 is 29.9. The number of anilines is 1. The van der Waals surface area contributed by atoms with Gasteiger partial charge in [-0.05, 0) is 31.5 Å². The zero-order valence-electron chi connectivity index (χ0n) is 10.9. The highest BCUT2D eigenvalue weighted by Gasteiger charge is 2.04. The van der Waals surface area contributed by atoms with Crippen LogP contribution < -0.4 is 4.90 Å². The summed E-state index contributed by atoms with van der Waals surface area (Å²) in [6.45, 7) is 4.49. The van der Waals surface area contributed by atoms with Crippen molar-refractivity contribution in [1.29, 1.82) is 0 Å². The minimum absolute atomic E-state index is 0.333. The van der Waals surface area contributed by atoms with Gasteiger partial charge in [0.1, 0.15) is 0 Å². The van der Waals surface area contributed by atoms with E-state index in [1.807, 2.05) is 44.0 Å². The van der Waals surface area contributed by atoms with Crippen LogP contribution in [0.25, 0.3) is 0 Å². The summed E-state index contributed by atoms with van der Waals surface area (Å²) in [7, 11) is -1.98. The molecule has 18 heavy (non-hydrogen) atoms. The van der Waals surface area contributed by atoms with E-state index in [1.165, 1.54) is 11.6 Å². The summed E-state index contributed by atoms with van der Waals surface area (Å²) in [5, 5.41) is 0. The standard InChI is InChI=1S/C13H19NO3S/c1-11-5-4-6-13(9-11)14(3)10-12(2)7-8-18(15,16)17/h4-7,9H,8,10H2,1-3H3,(H,15,16,17)/b12-7+. The molecule has 0 radical (unpaired) electrons. The molecule has 0 atom stereocenters. The molecular weight excluding hydrogens is 250 g/mol. The topological polar surface area (TPSA) is 57.6 Å². The Labute approximate surface area is 109 Å². The lowest BCUT2D eigenvalue weighted by molar-refractivity contribution is 0.486. The zero-order chi connectivity index (χ0) is 13.8. The molecule has 1 aromatic rings. The van der Waals surface area contributed by atoms with Crippen LogP contribution in [0.1, 0.15) is 12.5 Å². The molecule has 100 valence electrons. The Bertz CT molecular complexity index is 535. The van der Waals surface area contributed by atoms with Crippen molar-refractivity contribution in [2.75, 3.05) is 24.2 Å². The minimum atomic E-state index is -3.92. The summed E-state index contributed by atoms with van der Waals surface area (Å²) in [4.78, 5) is 2.03. The molecule has 0 unspecified atom stereocenters. The van der Waals surface area contributed by atoms with Gasteiger partial charge >= 0.3 is 0 Å². The van der Waals surface area contributed by atoms with E-state index in [-0.39, 0.29) is 5.75 Å². The van der Waals surface area contributed by atoms with E-state index in [2.05, 4.69) is 6.07 Å². The average molecular weight is 269 g/mol. The molecule has 0 saturated heterocycles. The van der Waals surface area contributed by atoms with Gasteiger partial charge in [-0.15, -0.1) is 0 Å². The fraction of sp³-hybridized carbons (Fsp3) is 0.385. The largest absolute Gasteiger partial charge is 0.371 e. The number of aryl methyl sites for hydroxylation is 1. The third kappa shape index (κ3) is 5.33. The minimum Gasteiger partial charge on any atom is -0.371 e. The summed E-state index contributed by atoms with van der Waals surface area (Å²) in [5.74, 6) is -0.333. The number of hydrogen-bond acceptors (Lipinski definition) is 3. The van der Waals surface area contributed by atoms with Crippen LogP contribution in [0.15, 0.2) is 35.9 Å². The molecule has 0 fully saturated rings. The Kier molecular flexibility index (Phi) is 4.93. The van der Waals surface area contributed by atoms with E-state index in [1.54, 1.807) is 0 Å². The van der Waals surface area contributed by atoms with Gasteiger partial charge in [0.25, 0.3) is 10.1 Å². The molecule has 5 heteroatoms. The highest BCUT2D eigenvalue weighted by molar-refractivity contribution is 7.85. The SMILES string of the molecule is C/C(=C\CS(=O)(=O)O)CN(C)c1cccc(C)c1. The Hall–Kier alpha value is -1.33. The van der Waals surface area contributed by atoms with Crippen LogP contribution >= 0.6 is 0 Å². The highest BCUT2D eigenvalue weighted by atomic mass is 32.2. The van der Waals surface area contributed by atoms with E-state index in [0.29, 0.717) is 6.54 Å². The average Bonchev–Trinajstić information content (AvgIpc) is 2.25. The Morgan fingerprint density at radius 1 is 1.44 bits per heavy atom. The maximum atomic E-state index is 10.6. The van der Waals surface area contributed by atoms with E-state index in [9.17, 15) is 8.42 Å². The molecule has 0 aliphatic rings. The fourth-order valence-electron chi connectivity index (χ4n) is 1.64. The van der Waals surface area contributed by atoms with E-state index in [0.717, 1.165) is 11.3 Å². The molecule has 0 spiro atoms. The predicted octanol–water partition coefficient (Wildman–Crippen LogP) is 2.27. The van der Waals surface area contributed by atoms with Crippen molar-refractivity contribution >= 4 is 15.8 Å². The van der Waals surface area contributed by atoms with Gasteiger partial charge in [0.05, 0.1) is 5.75 Å². The van der Waals surface area contributed by atoms with Gasteiger partial charge in [-0.2, -0.15) is 8.42 Å². The van der Waals surface area contributed by atoms with Crippen LogP contribution in [0.5, 0.6) is 0 Å². The lowest BCUT2D eigenvalue weighted by Crippen LogP contribution is -2.19.